The van der Waals surface area contributed by atoms with Crippen LogP contribution in [0.2, 0.25) is 0 Å². The van der Waals surface area contributed by atoms with Crippen LogP contribution in [0.1, 0.15) is 37.0 Å². The van der Waals surface area contributed by atoms with E-state index >= 15 is 0 Å². The topological polar surface area (TPSA) is 124 Å². The molecule has 1 fully saturated rings. The highest BCUT2D eigenvalue weighted by Gasteiger charge is 2.33. The van der Waals surface area contributed by atoms with Crippen molar-refractivity contribution in [2.45, 2.75) is 37.7 Å². The van der Waals surface area contributed by atoms with Crippen LogP contribution in [0.4, 0.5) is 0 Å². The van der Waals surface area contributed by atoms with E-state index in [-0.39, 0.29) is 23.8 Å². The van der Waals surface area contributed by atoms with Crippen LogP contribution in [0.25, 0.3) is 0 Å². The second-order valence-corrected chi connectivity index (χ2v) is 8.18. The third kappa shape index (κ3) is 4.47. The molecule has 1 amide bonds. The molecule has 1 aliphatic heterocycles. The van der Waals surface area contributed by atoms with Gasteiger partial charge in [-0.15, -0.1) is 0 Å². The Morgan fingerprint density at radius 1 is 1.15 bits per heavy atom. The first kappa shape index (κ1) is 20.1. The van der Waals surface area contributed by atoms with Gasteiger partial charge < -0.3 is 10.5 Å². The molecule has 2 rings (SSSR count). The quantitative estimate of drug-likeness (QED) is 0.571. The lowest BCUT2D eigenvalue weighted by molar-refractivity contribution is -0.159. The van der Waals surface area contributed by atoms with E-state index in [1.165, 1.54) is 42.4 Å². The average Bonchev–Trinajstić information content (AvgIpc) is 2.61. The van der Waals surface area contributed by atoms with Crippen molar-refractivity contribution in [2.75, 3.05) is 13.1 Å². The number of hydrogen-bond donors (Lipinski definition) is 1. The Labute approximate surface area is 152 Å². The van der Waals surface area contributed by atoms with Gasteiger partial charge in [-0.05, 0) is 38.8 Å². The van der Waals surface area contributed by atoms with Crippen molar-refractivity contribution in [1.29, 1.82) is 0 Å². The highest BCUT2D eigenvalue weighted by Crippen LogP contribution is 2.25. The number of piperidine rings is 1. The summed E-state index contributed by atoms with van der Waals surface area (Å²) in [6, 6.07) is 5.76. The number of esters is 1. The lowest BCUT2D eigenvalue weighted by Gasteiger charge is -2.30. The molecule has 1 heterocycles. The van der Waals surface area contributed by atoms with Crippen LogP contribution in [0.15, 0.2) is 29.2 Å². The predicted octanol–water partition coefficient (Wildman–Crippen LogP) is 0.707. The molecule has 9 heteroatoms. The standard InChI is InChI=1S/C17H22N2O6S/c1-11(20)13-3-5-15(6-4-13)26(23,24)19-9-7-14(8-10-19)17(22)25-12(2)16(18)21/h3-6,12,14H,7-10H2,1-2H3,(H2,18,21)/t12-/m1/s1. The van der Waals surface area contributed by atoms with Crippen molar-refractivity contribution in [3.05, 3.63) is 29.8 Å². The molecule has 8 nitrogen and oxygen atoms in total. The summed E-state index contributed by atoms with van der Waals surface area (Å²) in [6.07, 6.45) is -0.409. The Balaban J connectivity index is 2.01. The number of ether oxygens (including phenoxy) is 1. The molecular weight excluding hydrogens is 360 g/mol. The van der Waals surface area contributed by atoms with E-state index in [4.69, 9.17) is 10.5 Å². The van der Waals surface area contributed by atoms with E-state index in [0.717, 1.165) is 0 Å². The molecule has 1 aliphatic rings. The zero-order valence-electron chi connectivity index (χ0n) is 14.7. The number of benzene rings is 1. The molecule has 1 aromatic carbocycles. The number of sulfonamides is 1. The molecule has 0 spiro atoms. The maximum atomic E-state index is 12.7. The molecular formula is C17H22N2O6S. The summed E-state index contributed by atoms with van der Waals surface area (Å²) in [7, 11) is -3.69. The Kier molecular flexibility index (Phi) is 6.14. The number of primary amides is 1. The summed E-state index contributed by atoms with van der Waals surface area (Å²) in [5.74, 6) is -1.88. The van der Waals surface area contributed by atoms with Gasteiger partial charge in [0, 0.05) is 18.7 Å². The molecule has 0 saturated carbocycles. The number of ketones is 1. The third-order valence-corrected chi connectivity index (χ3v) is 6.29. The van der Waals surface area contributed by atoms with Crippen LogP contribution in [0.3, 0.4) is 0 Å². The van der Waals surface area contributed by atoms with Crippen LogP contribution < -0.4 is 5.73 Å². The summed E-state index contributed by atoms with van der Waals surface area (Å²) in [5, 5.41) is 0. The number of rotatable bonds is 6. The molecule has 0 radical (unpaired) electrons. The summed E-state index contributed by atoms with van der Waals surface area (Å²) in [4.78, 5) is 34.4. The molecule has 0 aromatic heterocycles. The van der Waals surface area contributed by atoms with E-state index in [1.54, 1.807) is 0 Å². The smallest absolute Gasteiger partial charge is 0.309 e. The average molecular weight is 382 g/mol. The molecule has 1 atom stereocenters. The number of nitrogens with zero attached hydrogens (tertiary/aromatic N) is 1. The molecule has 2 N–H and O–H groups in total. The second-order valence-electron chi connectivity index (χ2n) is 6.24. The van der Waals surface area contributed by atoms with Crippen LogP contribution >= 0.6 is 0 Å². The van der Waals surface area contributed by atoms with E-state index in [2.05, 4.69) is 0 Å². The number of nitrogens with two attached hydrogens (primary N) is 1. The molecule has 142 valence electrons. The van der Waals surface area contributed by atoms with Crippen LogP contribution in [0.5, 0.6) is 0 Å². The summed E-state index contributed by atoms with van der Waals surface area (Å²) in [5.41, 5.74) is 5.50. The van der Waals surface area contributed by atoms with Gasteiger partial charge in [0.05, 0.1) is 10.8 Å². The van der Waals surface area contributed by atoms with Crippen LogP contribution in [0, 0.1) is 5.92 Å². The van der Waals surface area contributed by atoms with E-state index < -0.39 is 33.9 Å². The maximum absolute atomic E-state index is 12.7. The normalized spacial score (nSPS) is 17.5. The Bertz CT molecular complexity index is 795. The molecule has 0 bridgehead atoms. The number of amides is 1. The van der Waals surface area contributed by atoms with Gasteiger partial charge in [0.15, 0.2) is 11.9 Å². The largest absolute Gasteiger partial charge is 0.452 e. The summed E-state index contributed by atoms with van der Waals surface area (Å²) in [6.45, 7) is 3.14. The number of Topliss-reactive ketones (excluding diaryl/α,β-unsaturated/α-hetero) is 1. The van der Waals surface area contributed by atoms with Gasteiger partial charge >= 0.3 is 5.97 Å². The van der Waals surface area contributed by atoms with Crippen LogP contribution in [-0.2, 0) is 24.3 Å². The second kappa shape index (κ2) is 7.96. The third-order valence-electron chi connectivity index (χ3n) is 4.38. The number of carbonyl (C=O) groups excluding carboxylic acids is 3. The van der Waals surface area contributed by atoms with Gasteiger partial charge in [-0.1, -0.05) is 12.1 Å². The zero-order chi connectivity index (χ0) is 19.5. The van der Waals surface area contributed by atoms with Gasteiger partial charge in [0.25, 0.3) is 5.91 Å². The van der Waals surface area contributed by atoms with Gasteiger partial charge in [0.1, 0.15) is 0 Å². The summed E-state index contributed by atoms with van der Waals surface area (Å²) >= 11 is 0. The van der Waals surface area contributed by atoms with Crippen LogP contribution in [-0.4, -0.2) is 49.6 Å². The molecule has 0 unspecified atom stereocenters. The minimum atomic E-state index is -3.69. The first-order valence-corrected chi connectivity index (χ1v) is 9.68. The van der Waals surface area contributed by atoms with Crippen molar-refractivity contribution >= 4 is 27.7 Å². The summed E-state index contributed by atoms with van der Waals surface area (Å²) < 4.78 is 31.6. The van der Waals surface area contributed by atoms with Crippen molar-refractivity contribution < 1.29 is 27.5 Å². The maximum Gasteiger partial charge on any atom is 0.309 e. The van der Waals surface area contributed by atoms with Crippen molar-refractivity contribution in [2.24, 2.45) is 11.7 Å². The molecule has 1 saturated heterocycles. The Morgan fingerprint density at radius 3 is 2.15 bits per heavy atom. The monoisotopic (exact) mass is 382 g/mol. The fourth-order valence-corrected chi connectivity index (χ4v) is 4.14. The SMILES string of the molecule is CC(=O)c1ccc(S(=O)(=O)N2CCC(C(=O)O[C@H](C)C(N)=O)CC2)cc1. The Hall–Kier alpha value is -2.26. The minimum absolute atomic E-state index is 0.103. The highest BCUT2D eigenvalue weighted by atomic mass is 32.2. The van der Waals surface area contributed by atoms with Gasteiger partial charge in [-0.3, -0.25) is 14.4 Å². The first-order valence-electron chi connectivity index (χ1n) is 8.24. The fourth-order valence-electron chi connectivity index (χ4n) is 2.67. The highest BCUT2D eigenvalue weighted by molar-refractivity contribution is 7.89. The molecule has 0 aliphatic carbocycles. The lowest BCUT2D eigenvalue weighted by Crippen LogP contribution is -2.41. The number of hydrogen-bond acceptors (Lipinski definition) is 6. The van der Waals surface area contributed by atoms with E-state index in [9.17, 15) is 22.8 Å². The van der Waals surface area contributed by atoms with Gasteiger partial charge in [-0.2, -0.15) is 4.31 Å². The van der Waals surface area contributed by atoms with E-state index in [0.29, 0.717) is 18.4 Å². The van der Waals surface area contributed by atoms with E-state index in [1.807, 2.05) is 0 Å². The van der Waals surface area contributed by atoms with Gasteiger partial charge in [-0.25, -0.2) is 8.42 Å². The van der Waals surface area contributed by atoms with Crippen molar-refractivity contribution in [1.82, 2.24) is 4.31 Å². The molecule has 1 aromatic rings. The Morgan fingerprint density at radius 2 is 1.69 bits per heavy atom. The van der Waals surface area contributed by atoms with Gasteiger partial charge in [0.2, 0.25) is 10.0 Å². The lowest BCUT2D eigenvalue weighted by atomic mass is 9.98. The van der Waals surface area contributed by atoms with Crippen molar-refractivity contribution in [3.63, 3.8) is 0 Å². The van der Waals surface area contributed by atoms with Crippen molar-refractivity contribution in [3.8, 4) is 0 Å². The molecule has 26 heavy (non-hydrogen) atoms. The fraction of sp³-hybridized carbons (Fsp3) is 0.471. The first-order chi connectivity index (χ1) is 12.1. The zero-order valence-corrected chi connectivity index (χ0v) is 15.5. The minimum Gasteiger partial charge on any atom is -0.452 e. The number of carbonyl (C=O) groups is 3. The predicted molar refractivity (Wildman–Crippen MR) is 92.7 cm³/mol.